The van der Waals surface area contributed by atoms with Gasteiger partial charge in [0.2, 0.25) is 0 Å². The number of aromatic nitrogens is 1. The number of aromatic amines is 1. The van der Waals surface area contributed by atoms with Crippen molar-refractivity contribution in [2.75, 3.05) is 6.54 Å². The van der Waals surface area contributed by atoms with Crippen LogP contribution in [0.15, 0.2) is 53.6 Å². The standard InChI is InChI=1S/C20H16N4O3/c25-19-13-7-4-8-14-17(13)18-15(21-14)9-24(10-16(18)22-23-19)20(26)27-11-12-5-2-1-3-6-12/h1-8,21H,9-11H2,(H,23,25). The van der Waals surface area contributed by atoms with Crippen LogP contribution in [-0.2, 0) is 17.9 Å². The normalized spacial score (nSPS) is 15.2. The second kappa shape index (κ2) is 5.98. The van der Waals surface area contributed by atoms with Crippen molar-refractivity contribution in [2.24, 2.45) is 5.10 Å². The van der Waals surface area contributed by atoms with E-state index in [1.54, 1.807) is 11.0 Å². The van der Waals surface area contributed by atoms with Gasteiger partial charge in [0.1, 0.15) is 6.61 Å². The van der Waals surface area contributed by atoms with Crippen LogP contribution < -0.4 is 5.43 Å². The van der Waals surface area contributed by atoms with Crippen LogP contribution in [0.4, 0.5) is 4.79 Å². The Bertz CT molecular complexity index is 1100. The van der Waals surface area contributed by atoms with Crippen molar-refractivity contribution in [3.05, 3.63) is 70.9 Å². The van der Waals surface area contributed by atoms with Gasteiger partial charge in [-0.15, -0.1) is 0 Å². The molecular formula is C20H16N4O3. The monoisotopic (exact) mass is 360 g/mol. The molecular weight excluding hydrogens is 344 g/mol. The van der Waals surface area contributed by atoms with Crippen molar-refractivity contribution in [2.45, 2.75) is 13.2 Å². The van der Waals surface area contributed by atoms with Gasteiger partial charge in [0.15, 0.2) is 0 Å². The second-order valence-corrected chi connectivity index (χ2v) is 6.60. The molecule has 3 aromatic rings. The number of amides is 2. The number of rotatable bonds is 2. The molecule has 2 aromatic carbocycles. The molecule has 0 bridgehead atoms. The quantitative estimate of drug-likeness (QED) is 0.737. The minimum absolute atomic E-state index is 0.211. The number of hydrazone groups is 1. The Kier molecular flexibility index (Phi) is 3.46. The SMILES string of the molecule is O=C1NN=C2CN(C(=O)OCc3ccccc3)Cc3[nH]c4cccc1c4c32. The van der Waals surface area contributed by atoms with Crippen LogP contribution in [0.3, 0.4) is 0 Å². The van der Waals surface area contributed by atoms with E-state index in [4.69, 9.17) is 4.74 Å². The molecule has 7 heteroatoms. The Labute approximate surface area is 154 Å². The van der Waals surface area contributed by atoms with Gasteiger partial charge in [-0.05, 0) is 17.7 Å². The van der Waals surface area contributed by atoms with E-state index < -0.39 is 6.09 Å². The lowest BCUT2D eigenvalue weighted by Crippen LogP contribution is -2.40. The average molecular weight is 360 g/mol. The third-order valence-electron chi connectivity index (χ3n) is 4.88. The fourth-order valence-corrected chi connectivity index (χ4v) is 3.64. The molecule has 27 heavy (non-hydrogen) atoms. The van der Waals surface area contributed by atoms with Crippen molar-refractivity contribution in [1.82, 2.24) is 15.3 Å². The summed E-state index contributed by atoms with van der Waals surface area (Å²) < 4.78 is 5.45. The maximum absolute atomic E-state index is 12.6. The topological polar surface area (TPSA) is 86.8 Å². The Hall–Kier alpha value is -3.61. The first-order valence-corrected chi connectivity index (χ1v) is 8.67. The Morgan fingerprint density at radius 3 is 2.81 bits per heavy atom. The lowest BCUT2D eigenvalue weighted by Gasteiger charge is -2.27. The van der Waals surface area contributed by atoms with Gasteiger partial charge in [-0.3, -0.25) is 9.69 Å². The molecule has 134 valence electrons. The lowest BCUT2D eigenvalue weighted by atomic mass is 9.98. The van der Waals surface area contributed by atoms with Gasteiger partial charge >= 0.3 is 6.09 Å². The van der Waals surface area contributed by atoms with Gasteiger partial charge < -0.3 is 9.72 Å². The van der Waals surface area contributed by atoms with Crippen molar-refractivity contribution in [3.63, 3.8) is 0 Å². The zero-order valence-corrected chi connectivity index (χ0v) is 14.4. The van der Waals surface area contributed by atoms with Gasteiger partial charge in [-0.25, -0.2) is 10.2 Å². The molecule has 0 aliphatic carbocycles. The molecule has 2 aliphatic rings. The first-order valence-electron chi connectivity index (χ1n) is 8.67. The van der Waals surface area contributed by atoms with E-state index >= 15 is 0 Å². The minimum atomic E-state index is -0.415. The molecule has 0 atom stereocenters. The van der Waals surface area contributed by atoms with E-state index in [-0.39, 0.29) is 19.1 Å². The van der Waals surface area contributed by atoms with E-state index in [1.807, 2.05) is 42.5 Å². The number of benzene rings is 2. The number of nitrogens with zero attached hydrogens (tertiary/aromatic N) is 2. The third-order valence-corrected chi connectivity index (χ3v) is 4.88. The lowest BCUT2D eigenvalue weighted by molar-refractivity contribution is 0.0956. The van der Waals surface area contributed by atoms with Crippen LogP contribution in [0, 0.1) is 0 Å². The van der Waals surface area contributed by atoms with Crippen LogP contribution in [0.5, 0.6) is 0 Å². The average Bonchev–Trinajstić information content (AvgIpc) is 3.02. The molecule has 0 saturated carbocycles. The number of hydrogen-bond donors (Lipinski definition) is 2. The van der Waals surface area contributed by atoms with Crippen LogP contribution >= 0.6 is 0 Å². The fourth-order valence-electron chi connectivity index (χ4n) is 3.64. The number of carbonyl (C=O) groups is 2. The maximum Gasteiger partial charge on any atom is 0.410 e. The molecule has 2 amide bonds. The molecule has 2 aliphatic heterocycles. The molecule has 0 fully saturated rings. The first kappa shape index (κ1) is 15.6. The summed E-state index contributed by atoms with van der Waals surface area (Å²) in [4.78, 5) is 29.8. The predicted molar refractivity (Wildman–Crippen MR) is 99.3 cm³/mol. The van der Waals surface area contributed by atoms with E-state index in [0.29, 0.717) is 17.8 Å². The fraction of sp³-hybridized carbons (Fsp3) is 0.150. The molecule has 0 unspecified atom stereocenters. The highest BCUT2D eigenvalue weighted by Crippen LogP contribution is 2.32. The van der Waals surface area contributed by atoms with Gasteiger partial charge in [-0.2, -0.15) is 5.10 Å². The zero-order valence-electron chi connectivity index (χ0n) is 14.4. The summed E-state index contributed by atoms with van der Waals surface area (Å²) >= 11 is 0. The largest absolute Gasteiger partial charge is 0.445 e. The highest BCUT2D eigenvalue weighted by Gasteiger charge is 2.32. The summed E-state index contributed by atoms with van der Waals surface area (Å²) in [6.45, 7) is 0.871. The summed E-state index contributed by atoms with van der Waals surface area (Å²) in [5.74, 6) is -0.248. The summed E-state index contributed by atoms with van der Waals surface area (Å²) in [7, 11) is 0. The van der Waals surface area contributed by atoms with Gasteiger partial charge in [0, 0.05) is 22.2 Å². The minimum Gasteiger partial charge on any atom is -0.445 e. The number of ether oxygens (including phenoxy) is 1. The van der Waals surface area contributed by atoms with E-state index in [1.165, 1.54) is 0 Å². The number of nitrogens with one attached hydrogen (secondary N) is 2. The van der Waals surface area contributed by atoms with E-state index in [2.05, 4.69) is 15.5 Å². The van der Waals surface area contributed by atoms with Crippen LogP contribution in [0.2, 0.25) is 0 Å². The van der Waals surface area contributed by atoms with Gasteiger partial charge in [0.05, 0.1) is 24.4 Å². The molecule has 0 spiro atoms. The van der Waals surface area contributed by atoms with Crippen LogP contribution in [0.25, 0.3) is 10.9 Å². The summed E-state index contributed by atoms with van der Waals surface area (Å²) in [5, 5.41) is 5.11. The highest BCUT2D eigenvalue weighted by atomic mass is 16.6. The predicted octanol–water partition coefficient (Wildman–Crippen LogP) is 2.77. The van der Waals surface area contributed by atoms with E-state index in [0.717, 1.165) is 27.7 Å². The summed E-state index contributed by atoms with van der Waals surface area (Å²) in [6.07, 6.45) is -0.415. The van der Waals surface area contributed by atoms with Crippen molar-refractivity contribution >= 4 is 28.6 Å². The Balaban J connectivity index is 1.45. The summed E-state index contributed by atoms with van der Waals surface area (Å²) in [6, 6.07) is 15.1. The van der Waals surface area contributed by atoms with Gasteiger partial charge in [0.25, 0.3) is 5.91 Å². The number of carbonyl (C=O) groups excluding carboxylic acids is 2. The van der Waals surface area contributed by atoms with Crippen molar-refractivity contribution in [3.8, 4) is 0 Å². The number of hydrogen-bond acceptors (Lipinski definition) is 4. The first-order chi connectivity index (χ1) is 13.2. The smallest absolute Gasteiger partial charge is 0.410 e. The zero-order chi connectivity index (χ0) is 18.4. The Morgan fingerprint density at radius 1 is 1.11 bits per heavy atom. The highest BCUT2D eigenvalue weighted by molar-refractivity contribution is 6.21. The molecule has 0 radical (unpaired) electrons. The molecule has 3 heterocycles. The molecule has 2 N–H and O–H groups in total. The molecule has 5 rings (SSSR count). The maximum atomic E-state index is 12.6. The van der Waals surface area contributed by atoms with Crippen LogP contribution in [-0.4, -0.2) is 34.1 Å². The van der Waals surface area contributed by atoms with Crippen LogP contribution in [0.1, 0.15) is 27.2 Å². The third kappa shape index (κ3) is 2.55. The van der Waals surface area contributed by atoms with E-state index in [9.17, 15) is 9.59 Å². The summed E-state index contributed by atoms with van der Waals surface area (Å²) in [5.41, 5.74) is 7.37. The molecule has 0 saturated heterocycles. The molecule has 1 aromatic heterocycles. The Morgan fingerprint density at radius 2 is 1.96 bits per heavy atom. The molecule has 7 nitrogen and oxygen atoms in total. The second-order valence-electron chi connectivity index (χ2n) is 6.60. The number of H-pyrrole nitrogens is 1. The van der Waals surface area contributed by atoms with Crippen molar-refractivity contribution in [1.29, 1.82) is 0 Å². The van der Waals surface area contributed by atoms with Crippen molar-refractivity contribution < 1.29 is 14.3 Å². The van der Waals surface area contributed by atoms with Gasteiger partial charge in [-0.1, -0.05) is 36.4 Å².